The maximum Gasteiger partial charge on any atom is 0.311 e. The number of allylic oxidation sites excluding steroid dienone is 1. The number of hydrogen-bond acceptors (Lipinski definition) is 4. The predicted molar refractivity (Wildman–Crippen MR) is 79.4 cm³/mol. The lowest BCUT2D eigenvalue weighted by Gasteiger charge is -2.02. The average Bonchev–Trinajstić information content (AvgIpc) is 2.53. The number of carbonyl (C=O) groups excluding carboxylic acids is 1. The Morgan fingerprint density at radius 3 is 2.50 bits per heavy atom. The molecule has 0 spiro atoms. The Hall–Kier alpha value is -3.02. The number of carbonyl (C=O) groups is 1. The van der Waals surface area contributed by atoms with Gasteiger partial charge in [-0.3, -0.25) is 14.9 Å². The fourth-order valence-electron chi connectivity index (χ4n) is 1.84. The number of nitrogens with zero attached hydrogens (tertiary/aromatic N) is 1. The Bertz CT molecular complexity index is 738. The van der Waals surface area contributed by atoms with Gasteiger partial charge < -0.3 is 4.74 Å². The summed E-state index contributed by atoms with van der Waals surface area (Å²) in [5, 5.41) is 10.9. The molecule has 2 aromatic rings. The van der Waals surface area contributed by atoms with Crippen molar-refractivity contribution in [3.8, 4) is 5.75 Å². The molecule has 0 saturated heterocycles. The summed E-state index contributed by atoms with van der Waals surface area (Å²) in [5.74, 6) is -0.600. The van der Waals surface area contributed by atoms with Gasteiger partial charge in [-0.15, -0.1) is 0 Å². The SMILES string of the molecule is COc1ccc(C=CC(=O)c2ccc(F)cc2)cc1[N+](=O)[O-]. The van der Waals surface area contributed by atoms with Gasteiger partial charge in [0.25, 0.3) is 0 Å². The quantitative estimate of drug-likeness (QED) is 0.366. The van der Waals surface area contributed by atoms with Gasteiger partial charge in [-0.05, 0) is 42.0 Å². The number of ketones is 1. The Kier molecular flexibility index (Phi) is 4.63. The van der Waals surface area contributed by atoms with E-state index in [2.05, 4.69) is 0 Å². The highest BCUT2D eigenvalue weighted by molar-refractivity contribution is 6.06. The Morgan fingerprint density at radius 1 is 1.23 bits per heavy atom. The molecule has 0 fully saturated rings. The number of methoxy groups -OCH3 is 1. The van der Waals surface area contributed by atoms with E-state index in [1.54, 1.807) is 6.07 Å². The third kappa shape index (κ3) is 3.54. The lowest BCUT2D eigenvalue weighted by Crippen LogP contribution is -1.95. The number of hydrogen-bond donors (Lipinski definition) is 0. The summed E-state index contributed by atoms with van der Waals surface area (Å²) in [6, 6.07) is 9.50. The fraction of sp³-hybridized carbons (Fsp3) is 0.0625. The molecule has 0 aromatic heterocycles. The van der Waals surface area contributed by atoms with E-state index in [-0.39, 0.29) is 17.2 Å². The van der Waals surface area contributed by atoms with E-state index < -0.39 is 10.7 Å². The first-order valence-electron chi connectivity index (χ1n) is 6.31. The van der Waals surface area contributed by atoms with Gasteiger partial charge in [0.1, 0.15) is 5.82 Å². The Labute approximate surface area is 125 Å². The summed E-state index contributed by atoms with van der Waals surface area (Å²) in [6.45, 7) is 0. The number of ether oxygens (including phenoxy) is 1. The van der Waals surface area contributed by atoms with Crippen LogP contribution >= 0.6 is 0 Å². The molecule has 2 aromatic carbocycles. The monoisotopic (exact) mass is 301 g/mol. The molecule has 0 unspecified atom stereocenters. The van der Waals surface area contributed by atoms with Crippen molar-refractivity contribution in [2.75, 3.05) is 7.11 Å². The van der Waals surface area contributed by atoms with Crippen LogP contribution in [0.2, 0.25) is 0 Å². The summed E-state index contributed by atoms with van der Waals surface area (Å²) in [6.07, 6.45) is 2.73. The lowest BCUT2D eigenvalue weighted by atomic mass is 10.1. The van der Waals surface area contributed by atoms with E-state index in [0.29, 0.717) is 11.1 Å². The molecule has 6 heteroatoms. The van der Waals surface area contributed by atoms with Gasteiger partial charge in [0.05, 0.1) is 12.0 Å². The van der Waals surface area contributed by atoms with Gasteiger partial charge >= 0.3 is 5.69 Å². The minimum absolute atomic E-state index is 0.145. The highest BCUT2D eigenvalue weighted by Crippen LogP contribution is 2.27. The van der Waals surface area contributed by atoms with Gasteiger partial charge in [-0.25, -0.2) is 4.39 Å². The minimum atomic E-state index is -0.558. The molecule has 0 aliphatic rings. The van der Waals surface area contributed by atoms with E-state index in [4.69, 9.17) is 4.74 Å². The maximum absolute atomic E-state index is 12.8. The molecule has 0 saturated carbocycles. The van der Waals surface area contributed by atoms with Crippen LogP contribution in [0, 0.1) is 15.9 Å². The zero-order chi connectivity index (χ0) is 16.1. The first-order chi connectivity index (χ1) is 10.5. The number of rotatable bonds is 5. The van der Waals surface area contributed by atoms with Crippen LogP contribution in [0.4, 0.5) is 10.1 Å². The van der Waals surface area contributed by atoms with Gasteiger partial charge in [0.2, 0.25) is 0 Å². The van der Waals surface area contributed by atoms with Crippen molar-refractivity contribution in [3.05, 3.63) is 75.6 Å². The van der Waals surface area contributed by atoms with Crippen molar-refractivity contribution < 1.29 is 18.8 Å². The molecule has 0 radical (unpaired) electrons. The molecule has 5 nitrogen and oxygen atoms in total. The van der Waals surface area contributed by atoms with Crippen LogP contribution in [0.15, 0.2) is 48.5 Å². The molecule has 2 rings (SSSR count). The Balaban J connectivity index is 2.22. The van der Waals surface area contributed by atoms with Gasteiger partial charge in [0.15, 0.2) is 11.5 Å². The summed E-state index contributed by atoms with van der Waals surface area (Å²) in [5.41, 5.74) is 0.641. The van der Waals surface area contributed by atoms with E-state index in [1.807, 2.05) is 0 Å². The minimum Gasteiger partial charge on any atom is -0.490 e. The van der Waals surface area contributed by atoms with E-state index in [1.165, 1.54) is 55.7 Å². The highest BCUT2D eigenvalue weighted by atomic mass is 19.1. The third-order valence-corrected chi connectivity index (χ3v) is 2.96. The third-order valence-electron chi connectivity index (χ3n) is 2.96. The van der Waals surface area contributed by atoms with Crippen LogP contribution in [0.1, 0.15) is 15.9 Å². The van der Waals surface area contributed by atoms with E-state index in [9.17, 15) is 19.3 Å². The van der Waals surface area contributed by atoms with Crippen molar-refractivity contribution in [2.24, 2.45) is 0 Å². The molecule has 112 valence electrons. The second kappa shape index (κ2) is 6.62. The van der Waals surface area contributed by atoms with E-state index in [0.717, 1.165) is 0 Å². The lowest BCUT2D eigenvalue weighted by molar-refractivity contribution is -0.385. The number of nitro benzene ring substituents is 1. The topological polar surface area (TPSA) is 69.4 Å². The first-order valence-corrected chi connectivity index (χ1v) is 6.31. The van der Waals surface area contributed by atoms with Crippen molar-refractivity contribution >= 4 is 17.5 Å². The van der Waals surface area contributed by atoms with Crippen molar-refractivity contribution in [1.29, 1.82) is 0 Å². The smallest absolute Gasteiger partial charge is 0.311 e. The van der Waals surface area contributed by atoms with Gasteiger partial charge in [0, 0.05) is 11.6 Å². The zero-order valence-electron chi connectivity index (χ0n) is 11.7. The molecule has 0 aliphatic heterocycles. The second-order valence-electron chi connectivity index (χ2n) is 4.39. The second-order valence-corrected chi connectivity index (χ2v) is 4.39. The molecular formula is C16H12FNO4. The summed E-state index contributed by atoms with van der Waals surface area (Å²) in [7, 11) is 1.34. The number of benzene rings is 2. The van der Waals surface area contributed by atoms with Crippen LogP contribution in [-0.4, -0.2) is 17.8 Å². The predicted octanol–water partition coefficient (Wildman–Crippen LogP) is 3.64. The zero-order valence-corrected chi connectivity index (χ0v) is 11.7. The van der Waals surface area contributed by atoms with Crippen LogP contribution in [0.25, 0.3) is 6.08 Å². The molecule has 0 N–H and O–H groups in total. The van der Waals surface area contributed by atoms with Crippen LogP contribution in [0.3, 0.4) is 0 Å². The summed E-state index contributed by atoms with van der Waals surface area (Å²) < 4.78 is 17.7. The molecule has 0 heterocycles. The number of halogens is 1. The van der Waals surface area contributed by atoms with Gasteiger partial charge in [-0.2, -0.15) is 0 Å². The summed E-state index contributed by atoms with van der Waals surface area (Å²) in [4.78, 5) is 22.3. The molecule has 0 bridgehead atoms. The van der Waals surface area contributed by atoms with Crippen LogP contribution in [-0.2, 0) is 0 Å². The molecule has 0 amide bonds. The van der Waals surface area contributed by atoms with E-state index >= 15 is 0 Å². The van der Waals surface area contributed by atoms with Gasteiger partial charge in [-0.1, -0.05) is 12.1 Å². The molecule has 0 aliphatic carbocycles. The normalized spacial score (nSPS) is 10.6. The molecule has 0 atom stereocenters. The standard InChI is InChI=1S/C16H12FNO4/c1-22-16-9-3-11(10-14(16)18(20)21)2-8-15(19)12-4-6-13(17)7-5-12/h2-10H,1H3. The van der Waals surface area contributed by atoms with Crippen LogP contribution in [0.5, 0.6) is 5.75 Å². The average molecular weight is 301 g/mol. The molecule has 22 heavy (non-hydrogen) atoms. The Morgan fingerprint density at radius 2 is 1.91 bits per heavy atom. The summed E-state index contributed by atoms with van der Waals surface area (Å²) >= 11 is 0. The first kappa shape index (κ1) is 15.4. The van der Waals surface area contributed by atoms with Crippen LogP contribution < -0.4 is 4.74 Å². The highest BCUT2D eigenvalue weighted by Gasteiger charge is 2.14. The molecular weight excluding hydrogens is 289 g/mol. The van der Waals surface area contributed by atoms with Crippen molar-refractivity contribution in [2.45, 2.75) is 0 Å². The fourth-order valence-corrected chi connectivity index (χ4v) is 1.84. The van der Waals surface area contributed by atoms with Crippen molar-refractivity contribution in [1.82, 2.24) is 0 Å². The van der Waals surface area contributed by atoms with Crippen molar-refractivity contribution in [3.63, 3.8) is 0 Å². The largest absolute Gasteiger partial charge is 0.490 e. The number of nitro groups is 1. The maximum atomic E-state index is 12.8.